The molecular formula is C10H12N4O. The Kier molecular flexibility index (Phi) is 3.13. The molecule has 1 aromatic rings. The second-order valence-corrected chi connectivity index (χ2v) is 3.21. The van der Waals surface area contributed by atoms with Gasteiger partial charge < -0.3 is 16.4 Å². The van der Waals surface area contributed by atoms with Crippen molar-refractivity contribution in [2.45, 2.75) is 0 Å². The molecule has 1 amide bonds. The summed E-state index contributed by atoms with van der Waals surface area (Å²) >= 11 is 0. The molecule has 5 heteroatoms. The third-order valence-corrected chi connectivity index (χ3v) is 1.96. The number of nitrogens with two attached hydrogens (primary N) is 2. The topological polar surface area (TPSA) is 96.1 Å². The number of nitrogen functional groups attached to an aromatic ring is 1. The molecule has 4 N–H and O–H groups in total. The van der Waals surface area contributed by atoms with Crippen molar-refractivity contribution in [2.24, 2.45) is 5.73 Å². The Bertz CT molecular complexity index is 422. The highest BCUT2D eigenvalue weighted by Crippen LogP contribution is 2.22. The lowest BCUT2D eigenvalue weighted by atomic mass is 10.2. The van der Waals surface area contributed by atoms with E-state index < -0.39 is 5.91 Å². The molecule has 0 aliphatic heterocycles. The number of rotatable bonds is 3. The van der Waals surface area contributed by atoms with Gasteiger partial charge in [-0.25, -0.2) is 0 Å². The van der Waals surface area contributed by atoms with E-state index in [1.165, 1.54) is 0 Å². The van der Waals surface area contributed by atoms with Crippen LogP contribution in [0.15, 0.2) is 18.2 Å². The maximum atomic E-state index is 10.7. The van der Waals surface area contributed by atoms with Crippen molar-refractivity contribution in [3.63, 3.8) is 0 Å². The van der Waals surface area contributed by atoms with Gasteiger partial charge in [-0.15, -0.1) is 0 Å². The molecule has 0 unspecified atom stereocenters. The Morgan fingerprint density at radius 2 is 2.27 bits per heavy atom. The number of carbonyl (C=O) groups excluding carboxylic acids is 1. The molecule has 0 spiro atoms. The number of nitriles is 1. The van der Waals surface area contributed by atoms with Crippen LogP contribution in [0.5, 0.6) is 0 Å². The van der Waals surface area contributed by atoms with Crippen molar-refractivity contribution >= 4 is 17.3 Å². The van der Waals surface area contributed by atoms with Crippen LogP contribution in [0.2, 0.25) is 0 Å². The van der Waals surface area contributed by atoms with Crippen molar-refractivity contribution < 1.29 is 4.79 Å². The standard InChI is InChI=1S/C10H12N4O/c1-14(6-10(13)15)9-3-2-7(5-11)4-8(9)12/h2-4H,6,12H2,1H3,(H2,13,15). The molecule has 0 bridgehead atoms. The lowest BCUT2D eigenvalue weighted by Gasteiger charge is -2.19. The number of nitrogens with zero attached hydrogens (tertiary/aromatic N) is 2. The summed E-state index contributed by atoms with van der Waals surface area (Å²) in [5.41, 5.74) is 12.4. The highest BCUT2D eigenvalue weighted by atomic mass is 16.1. The largest absolute Gasteiger partial charge is 0.397 e. The lowest BCUT2D eigenvalue weighted by molar-refractivity contribution is -0.116. The van der Waals surface area contributed by atoms with E-state index in [-0.39, 0.29) is 6.54 Å². The second kappa shape index (κ2) is 4.33. The van der Waals surface area contributed by atoms with E-state index in [0.717, 1.165) is 0 Å². The Balaban J connectivity index is 2.96. The van der Waals surface area contributed by atoms with Gasteiger partial charge >= 0.3 is 0 Å². The van der Waals surface area contributed by atoms with E-state index in [0.29, 0.717) is 16.9 Å². The highest BCUT2D eigenvalue weighted by Gasteiger charge is 2.07. The zero-order valence-corrected chi connectivity index (χ0v) is 8.40. The van der Waals surface area contributed by atoms with E-state index in [1.807, 2.05) is 6.07 Å². The number of benzene rings is 1. The summed E-state index contributed by atoms with van der Waals surface area (Å²) in [6.45, 7) is 0.0934. The van der Waals surface area contributed by atoms with E-state index in [2.05, 4.69) is 0 Å². The first kappa shape index (κ1) is 10.9. The van der Waals surface area contributed by atoms with Crippen LogP contribution in [0.1, 0.15) is 5.56 Å². The van der Waals surface area contributed by atoms with Gasteiger partial charge in [-0.1, -0.05) is 0 Å². The van der Waals surface area contributed by atoms with Crippen LogP contribution >= 0.6 is 0 Å². The van der Waals surface area contributed by atoms with E-state index in [1.54, 1.807) is 30.1 Å². The minimum atomic E-state index is -0.429. The zero-order chi connectivity index (χ0) is 11.4. The van der Waals surface area contributed by atoms with Crippen molar-refractivity contribution in [2.75, 3.05) is 24.2 Å². The molecule has 1 aromatic carbocycles. The van der Waals surface area contributed by atoms with Crippen molar-refractivity contribution in [3.05, 3.63) is 23.8 Å². The van der Waals surface area contributed by atoms with Crippen LogP contribution in [0, 0.1) is 11.3 Å². The summed E-state index contributed by atoms with van der Waals surface area (Å²) in [6.07, 6.45) is 0. The number of anilines is 2. The normalized spacial score (nSPS) is 9.33. The van der Waals surface area contributed by atoms with Gasteiger partial charge in [0.15, 0.2) is 0 Å². The van der Waals surface area contributed by atoms with Crippen molar-refractivity contribution in [1.29, 1.82) is 5.26 Å². The number of likely N-dealkylation sites (N-methyl/N-ethyl adjacent to an activating group) is 1. The van der Waals surface area contributed by atoms with Gasteiger partial charge in [-0.2, -0.15) is 5.26 Å². The molecule has 1 rings (SSSR count). The summed E-state index contributed by atoms with van der Waals surface area (Å²) < 4.78 is 0. The molecule has 0 atom stereocenters. The third-order valence-electron chi connectivity index (χ3n) is 1.96. The number of primary amides is 1. The van der Waals surface area contributed by atoms with Crippen LogP contribution in [0.25, 0.3) is 0 Å². The predicted molar refractivity (Wildman–Crippen MR) is 58.0 cm³/mol. The summed E-state index contributed by atoms with van der Waals surface area (Å²) in [6, 6.07) is 6.88. The van der Waals surface area contributed by atoms with Crippen LogP contribution in [0.3, 0.4) is 0 Å². The average molecular weight is 204 g/mol. The molecule has 78 valence electrons. The number of carbonyl (C=O) groups is 1. The molecule has 0 fully saturated rings. The fourth-order valence-electron chi connectivity index (χ4n) is 1.29. The second-order valence-electron chi connectivity index (χ2n) is 3.21. The number of amides is 1. The monoisotopic (exact) mass is 204 g/mol. The number of hydrogen-bond acceptors (Lipinski definition) is 4. The van der Waals surface area contributed by atoms with Gasteiger partial charge in [0.25, 0.3) is 0 Å². The fourth-order valence-corrected chi connectivity index (χ4v) is 1.29. The number of hydrogen-bond donors (Lipinski definition) is 2. The maximum Gasteiger partial charge on any atom is 0.236 e. The van der Waals surface area contributed by atoms with Gasteiger partial charge in [0.1, 0.15) is 0 Å². The van der Waals surface area contributed by atoms with Gasteiger partial charge in [-0.3, -0.25) is 4.79 Å². The maximum absolute atomic E-state index is 10.7. The molecule has 0 aliphatic carbocycles. The Labute approximate surface area is 87.9 Å². The molecule has 5 nitrogen and oxygen atoms in total. The zero-order valence-electron chi connectivity index (χ0n) is 8.40. The minimum Gasteiger partial charge on any atom is -0.397 e. The van der Waals surface area contributed by atoms with Gasteiger partial charge in [-0.05, 0) is 18.2 Å². The molecule has 0 aromatic heterocycles. The molecule has 0 saturated heterocycles. The van der Waals surface area contributed by atoms with E-state index in [4.69, 9.17) is 16.7 Å². The third kappa shape index (κ3) is 2.61. The average Bonchev–Trinajstić information content (AvgIpc) is 2.16. The SMILES string of the molecule is CN(CC(N)=O)c1ccc(C#N)cc1N. The Hall–Kier alpha value is -2.22. The quantitative estimate of drug-likeness (QED) is 0.680. The van der Waals surface area contributed by atoms with Crippen molar-refractivity contribution in [3.8, 4) is 6.07 Å². The minimum absolute atomic E-state index is 0.0934. The first-order valence-corrected chi connectivity index (χ1v) is 4.33. The summed E-state index contributed by atoms with van der Waals surface area (Å²) in [5.74, 6) is -0.429. The van der Waals surface area contributed by atoms with Crippen LogP contribution in [-0.2, 0) is 4.79 Å². The Morgan fingerprint density at radius 3 is 2.73 bits per heavy atom. The van der Waals surface area contributed by atoms with E-state index in [9.17, 15) is 4.79 Å². The van der Waals surface area contributed by atoms with Crippen molar-refractivity contribution in [1.82, 2.24) is 0 Å². The van der Waals surface area contributed by atoms with Gasteiger partial charge in [0.05, 0.1) is 29.6 Å². The molecule has 15 heavy (non-hydrogen) atoms. The van der Waals surface area contributed by atoms with Crippen LogP contribution < -0.4 is 16.4 Å². The molecular weight excluding hydrogens is 192 g/mol. The first-order valence-electron chi connectivity index (χ1n) is 4.33. The molecule has 0 aliphatic rings. The van der Waals surface area contributed by atoms with Gasteiger partial charge in [0.2, 0.25) is 5.91 Å². The summed E-state index contributed by atoms with van der Waals surface area (Å²) in [7, 11) is 1.71. The summed E-state index contributed by atoms with van der Waals surface area (Å²) in [5, 5.41) is 8.64. The summed E-state index contributed by atoms with van der Waals surface area (Å²) in [4.78, 5) is 12.3. The first-order chi connectivity index (χ1) is 7.04. The Morgan fingerprint density at radius 1 is 1.60 bits per heavy atom. The fraction of sp³-hybridized carbons (Fsp3) is 0.200. The van der Waals surface area contributed by atoms with E-state index >= 15 is 0 Å². The smallest absolute Gasteiger partial charge is 0.236 e. The molecule has 0 radical (unpaired) electrons. The van der Waals surface area contributed by atoms with Crippen LogP contribution in [-0.4, -0.2) is 19.5 Å². The molecule has 0 saturated carbocycles. The predicted octanol–water partition coefficient (Wildman–Crippen LogP) is 0.0620. The van der Waals surface area contributed by atoms with Gasteiger partial charge in [0, 0.05) is 7.05 Å². The molecule has 0 heterocycles. The van der Waals surface area contributed by atoms with Crippen LogP contribution in [0.4, 0.5) is 11.4 Å². The highest BCUT2D eigenvalue weighted by molar-refractivity contribution is 5.81. The lowest BCUT2D eigenvalue weighted by Crippen LogP contribution is -2.30.